The molecule has 5 atom stereocenters. The van der Waals surface area contributed by atoms with Gasteiger partial charge < -0.3 is 80.2 Å². The van der Waals surface area contributed by atoms with Gasteiger partial charge in [0.05, 0.1) is 12.2 Å². The van der Waals surface area contributed by atoms with Crippen molar-refractivity contribution in [2.45, 2.75) is 37.3 Å². The number of aliphatic hydroxyl groups excluding tert-OH is 4. The van der Waals surface area contributed by atoms with Crippen molar-refractivity contribution in [1.29, 1.82) is 0 Å². The molecule has 1 fully saturated rings. The van der Waals surface area contributed by atoms with E-state index in [1.807, 2.05) is 0 Å². The fraction of sp³-hybridized carbons (Fsp3) is 0.259. The van der Waals surface area contributed by atoms with Crippen LogP contribution in [0.4, 0.5) is 0 Å². The van der Waals surface area contributed by atoms with Crippen LogP contribution >= 0.6 is 0 Å². The van der Waals surface area contributed by atoms with Gasteiger partial charge in [-0.05, 0) is 29.8 Å². The molecule has 12 N–H and O–H groups in total. The molecule has 1 saturated heterocycles. The van der Waals surface area contributed by atoms with Crippen LogP contribution in [-0.4, -0.2) is 111 Å². The van der Waals surface area contributed by atoms with Gasteiger partial charge in [0.2, 0.25) is 29.3 Å². The molecule has 0 aliphatic carbocycles. The molecule has 1 heterocycles. The molecule has 5 unspecified atom stereocenters. The fourth-order valence-electron chi connectivity index (χ4n) is 4.16. The summed E-state index contributed by atoms with van der Waals surface area (Å²) in [6, 6.07) is 4.00. The van der Waals surface area contributed by atoms with Gasteiger partial charge >= 0.3 is 11.9 Å². The number of aliphatic hydroxyl groups is 4. The van der Waals surface area contributed by atoms with E-state index in [2.05, 4.69) is 0 Å². The monoisotopic (exact) mass is 638 g/mol. The summed E-state index contributed by atoms with van der Waals surface area (Å²) < 4.78 is 20.7. The number of carboxylic acid groups (broad SMARTS) is 1. The van der Waals surface area contributed by atoms with Crippen molar-refractivity contribution in [2.75, 3.05) is 6.61 Å². The average Bonchev–Trinajstić information content (AvgIpc) is 2.99. The lowest BCUT2D eigenvalue weighted by Gasteiger charge is -2.39. The number of hydrogen-bond donors (Lipinski definition) is 12. The van der Waals surface area contributed by atoms with Crippen molar-refractivity contribution in [3.8, 4) is 57.5 Å². The van der Waals surface area contributed by atoms with Gasteiger partial charge in [0.1, 0.15) is 36.6 Å². The number of phenolic OH excluding ortho intramolecular Hbond substituents is 7. The van der Waals surface area contributed by atoms with E-state index in [4.69, 9.17) is 18.9 Å². The van der Waals surface area contributed by atoms with Gasteiger partial charge in [-0.3, -0.25) is 0 Å². The lowest BCUT2D eigenvalue weighted by Crippen LogP contribution is -2.60. The largest absolute Gasteiger partial charge is 0.504 e. The Hall–Kier alpha value is -5.40. The van der Waals surface area contributed by atoms with E-state index >= 15 is 0 Å². The maximum atomic E-state index is 12.7. The van der Waals surface area contributed by atoms with Crippen LogP contribution < -0.4 is 9.47 Å². The predicted octanol–water partition coefficient (Wildman–Crippen LogP) is -0.348. The second-order valence-electron chi connectivity index (χ2n) is 9.57. The summed E-state index contributed by atoms with van der Waals surface area (Å²) >= 11 is 0. The molecule has 4 rings (SSSR count). The molecule has 1 aliphatic rings. The average molecular weight is 638 g/mol. The topological polar surface area (TPSA) is 314 Å². The Labute approximate surface area is 250 Å². The molecule has 1 aliphatic heterocycles. The van der Waals surface area contributed by atoms with E-state index < -0.39 is 124 Å². The number of aromatic carboxylic acids is 1. The van der Waals surface area contributed by atoms with E-state index in [-0.39, 0.29) is 5.56 Å². The molecule has 242 valence electrons. The SMILES string of the molecule is O=C(OCc1cc(O)c(OC2OC(CO)C(O)C(O)C2O)c(O)c1)c1cc(O)c(O)c(Oc2c(C(=O)O)cc(O)c(O)c2O)c1. The summed E-state index contributed by atoms with van der Waals surface area (Å²) in [6.45, 7) is -1.39. The first-order valence-corrected chi connectivity index (χ1v) is 12.6. The number of hydrogen-bond acceptors (Lipinski definition) is 17. The zero-order valence-corrected chi connectivity index (χ0v) is 22.5. The maximum Gasteiger partial charge on any atom is 0.339 e. The summed E-state index contributed by atoms with van der Waals surface area (Å²) in [6.07, 6.45) is -8.40. The van der Waals surface area contributed by atoms with Crippen LogP contribution in [0.3, 0.4) is 0 Å². The van der Waals surface area contributed by atoms with E-state index in [0.29, 0.717) is 6.07 Å². The van der Waals surface area contributed by atoms with Crippen LogP contribution in [0, 0.1) is 0 Å². The highest BCUT2D eigenvalue weighted by Crippen LogP contribution is 2.49. The molecule has 45 heavy (non-hydrogen) atoms. The van der Waals surface area contributed by atoms with Gasteiger partial charge in [-0.1, -0.05) is 0 Å². The number of carboxylic acids is 1. The smallest absolute Gasteiger partial charge is 0.339 e. The zero-order chi connectivity index (χ0) is 33.3. The van der Waals surface area contributed by atoms with Crippen molar-refractivity contribution in [3.63, 3.8) is 0 Å². The van der Waals surface area contributed by atoms with E-state index in [9.17, 15) is 70.9 Å². The molecule has 0 saturated carbocycles. The molecular formula is C27H26O18. The van der Waals surface area contributed by atoms with Crippen molar-refractivity contribution < 1.29 is 89.8 Å². The Morgan fingerprint density at radius 1 is 0.733 bits per heavy atom. The fourth-order valence-corrected chi connectivity index (χ4v) is 4.16. The Morgan fingerprint density at radius 3 is 1.96 bits per heavy atom. The minimum absolute atomic E-state index is 0.0328. The third kappa shape index (κ3) is 6.44. The number of rotatable bonds is 9. The van der Waals surface area contributed by atoms with Crippen LogP contribution in [0.1, 0.15) is 26.3 Å². The number of carbonyl (C=O) groups is 2. The van der Waals surface area contributed by atoms with Gasteiger partial charge in [0.15, 0.2) is 34.5 Å². The van der Waals surface area contributed by atoms with E-state index in [0.717, 1.165) is 24.3 Å². The van der Waals surface area contributed by atoms with Crippen LogP contribution in [0.5, 0.6) is 57.5 Å². The lowest BCUT2D eigenvalue weighted by atomic mass is 9.99. The van der Waals surface area contributed by atoms with Crippen molar-refractivity contribution in [1.82, 2.24) is 0 Å². The minimum Gasteiger partial charge on any atom is -0.504 e. The van der Waals surface area contributed by atoms with E-state index in [1.165, 1.54) is 0 Å². The number of carbonyl (C=O) groups excluding carboxylic acids is 1. The highest BCUT2D eigenvalue weighted by atomic mass is 16.7. The molecular weight excluding hydrogens is 612 g/mol. The summed E-state index contributed by atoms with van der Waals surface area (Å²) in [7, 11) is 0. The Morgan fingerprint density at radius 2 is 1.36 bits per heavy atom. The number of benzene rings is 3. The molecule has 0 bridgehead atoms. The minimum atomic E-state index is -1.85. The summed E-state index contributed by atoms with van der Waals surface area (Å²) in [5.41, 5.74) is -1.39. The predicted molar refractivity (Wildman–Crippen MR) is 142 cm³/mol. The van der Waals surface area contributed by atoms with Gasteiger partial charge in [-0.2, -0.15) is 0 Å². The third-order valence-corrected chi connectivity index (χ3v) is 6.50. The van der Waals surface area contributed by atoms with Crippen molar-refractivity contribution in [2.24, 2.45) is 0 Å². The van der Waals surface area contributed by atoms with Gasteiger partial charge in [-0.25, -0.2) is 9.59 Å². The molecule has 0 spiro atoms. The number of esters is 1. The molecule has 3 aromatic rings. The van der Waals surface area contributed by atoms with E-state index in [1.54, 1.807) is 0 Å². The number of phenols is 7. The Balaban J connectivity index is 1.51. The molecule has 18 heteroatoms. The maximum absolute atomic E-state index is 12.7. The molecule has 3 aromatic carbocycles. The van der Waals surface area contributed by atoms with Crippen molar-refractivity contribution >= 4 is 11.9 Å². The van der Waals surface area contributed by atoms with Gasteiger partial charge in [0, 0.05) is 6.07 Å². The molecule has 0 radical (unpaired) electrons. The summed E-state index contributed by atoms with van der Waals surface area (Å²) in [5.74, 6) is -12.2. The zero-order valence-electron chi connectivity index (χ0n) is 22.5. The van der Waals surface area contributed by atoms with Crippen LogP contribution in [0.2, 0.25) is 0 Å². The summed E-state index contributed by atoms with van der Waals surface area (Å²) in [4.78, 5) is 24.3. The highest BCUT2D eigenvalue weighted by molar-refractivity contribution is 5.94. The van der Waals surface area contributed by atoms with Gasteiger partial charge in [-0.15, -0.1) is 0 Å². The van der Waals surface area contributed by atoms with Crippen LogP contribution in [0.25, 0.3) is 0 Å². The Bertz CT molecular complexity index is 1590. The number of aromatic hydroxyl groups is 7. The molecule has 0 aromatic heterocycles. The van der Waals surface area contributed by atoms with Crippen LogP contribution in [0.15, 0.2) is 30.3 Å². The van der Waals surface area contributed by atoms with Gasteiger partial charge in [0.25, 0.3) is 0 Å². The standard InChI is InChI=1S/C27H26O18/c28-6-16-19(35)20(36)22(38)27(44-16)45-24-13(31)1-8(2-14(24)32)7-42-26(41)9-3-11(29)17(33)15(4-9)43-23-10(25(39)40)5-12(30)18(34)21(23)37/h1-5,16,19-20,22,27-38H,6-7H2,(H,39,40). The van der Waals surface area contributed by atoms with Crippen LogP contribution in [-0.2, 0) is 16.1 Å². The first-order valence-electron chi connectivity index (χ1n) is 12.6. The highest BCUT2D eigenvalue weighted by Gasteiger charge is 2.45. The summed E-state index contributed by atoms with van der Waals surface area (Å²) in [5, 5.41) is 119. The normalized spacial score (nSPS) is 21.2. The molecule has 0 amide bonds. The van der Waals surface area contributed by atoms with Crippen molar-refractivity contribution in [3.05, 3.63) is 47.0 Å². The Kier molecular flexibility index (Phi) is 9.16. The molecule has 18 nitrogen and oxygen atoms in total. The lowest BCUT2D eigenvalue weighted by molar-refractivity contribution is -0.277. The second-order valence-corrected chi connectivity index (χ2v) is 9.57. The number of ether oxygens (including phenoxy) is 4. The third-order valence-electron chi connectivity index (χ3n) is 6.50. The second kappa shape index (κ2) is 12.7. The quantitative estimate of drug-likeness (QED) is 0.105. The first-order chi connectivity index (χ1) is 21.1. The first kappa shape index (κ1) is 32.5.